The Labute approximate surface area is 159 Å². The Bertz CT molecular complexity index is 757. The zero-order valence-electron chi connectivity index (χ0n) is 15.9. The maximum atomic E-state index is 13.5. The van der Waals surface area contributed by atoms with Crippen molar-refractivity contribution in [2.24, 2.45) is 0 Å². The molecule has 1 heterocycles. The number of fused-ring (bicyclic) bond motifs is 1. The molecule has 1 aromatic heterocycles. The number of amides is 1. The zero-order valence-corrected chi connectivity index (χ0v) is 15.9. The minimum atomic E-state index is -1.09. The van der Waals surface area contributed by atoms with Gasteiger partial charge in [0.25, 0.3) is 0 Å². The summed E-state index contributed by atoms with van der Waals surface area (Å²) in [6.45, 7) is 2.18. The first-order valence-electron chi connectivity index (χ1n) is 9.79. The fourth-order valence-corrected chi connectivity index (χ4v) is 3.25. The van der Waals surface area contributed by atoms with Gasteiger partial charge in [-0.25, -0.2) is 9.18 Å². The monoisotopic (exact) mass is 376 g/mol. The third-order valence-corrected chi connectivity index (χ3v) is 4.79. The third-order valence-electron chi connectivity index (χ3n) is 4.79. The molecule has 1 aromatic carbocycles. The number of benzene rings is 1. The lowest BCUT2D eigenvalue weighted by molar-refractivity contribution is -0.141. The molecule has 27 heavy (non-hydrogen) atoms. The van der Waals surface area contributed by atoms with Crippen molar-refractivity contribution in [1.82, 2.24) is 10.3 Å². The number of hydrogen-bond donors (Lipinski definition) is 3. The topological polar surface area (TPSA) is 82.2 Å². The number of hydrogen-bond acceptors (Lipinski definition) is 2. The standard InChI is InChI=1S/C21H29FN2O3/c1-2-3-4-5-6-7-8-9-20(25)24-19(21(26)27)12-15-14-23-18-11-10-16(22)13-17(15)18/h10-11,13-14,19,23H,2-9,12H2,1H3,(H,24,25)(H,26,27)/t19-/m0/s1. The predicted octanol–water partition coefficient (Wildman–Crippen LogP) is 4.56. The Balaban J connectivity index is 1.83. The Morgan fingerprint density at radius 1 is 1.15 bits per heavy atom. The molecule has 1 atom stereocenters. The van der Waals surface area contributed by atoms with Crippen LogP contribution in [0.1, 0.15) is 63.9 Å². The van der Waals surface area contributed by atoms with Crippen LogP contribution in [0.15, 0.2) is 24.4 Å². The van der Waals surface area contributed by atoms with Gasteiger partial charge < -0.3 is 15.4 Å². The van der Waals surface area contributed by atoms with Crippen molar-refractivity contribution in [2.45, 2.75) is 70.8 Å². The third kappa shape index (κ3) is 6.70. The summed E-state index contributed by atoms with van der Waals surface area (Å²) in [6, 6.07) is 3.31. The van der Waals surface area contributed by atoms with Crippen molar-refractivity contribution in [1.29, 1.82) is 0 Å². The molecule has 0 aliphatic carbocycles. The van der Waals surface area contributed by atoms with E-state index in [4.69, 9.17) is 0 Å². The Kier molecular flexibility index (Phi) is 8.30. The molecule has 0 spiro atoms. The van der Waals surface area contributed by atoms with E-state index in [2.05, 4.69) is 17.2 Å². The van der Waals surface area contributed by atoms with Crippen LogP contribution in [0.3, 0.4) is 0 Å². The Morgan fingerprint density at radius 3 is 2.56 bits per heavy atom. The van der Waals surface area contributed by atoms with Gasteiger partial charge in [-0.05, 0) is 30.2 Å². The number of H-pyrrole nitrogens is 1. The maximum absolute atomic E-state index is 13.5. The van der Waals surface area contributed by atoms with Gasteiger partial charge in [0.1, 0.15) is 11.9 Å². The summed E-state index contributed by atoms with van der Waals surface area (Å²) >= 11 is 0. The van der Waals surface area contributed by atoms with Gasteiger partial charge in [-0.3, -0.25) is 4.79 Å². The molecule has 5 nitrogen and oxygen atoms in total. The molecule has 0 saturated carbocycles. The van der Waals surface area contributed by atoms with Crippen LogP contribution < -0.4 is 5.32 Å². The first-order valence-corrected chi connectivity index (χ1v) is 9.79. The lowest BCUT2D eigenvalue weighted by Crippen LogP contribution is -2.42. The molecule has 1 amide bonds. The van der Waals surface area contributed by atoms with Crippen molar-refractivity contribution in [2.75, 3.05) is 0 Å². The Hall–Kier alpha value is -2.37. The van der Waals surface area contributed by atoms with Gasteiger partial charge >= 0.3 is 5.97 Å². The van der Waals surface area contributed by atoms with Crippen LogP contribution >= 0.6 is 0 Å². The number of carbonyl (C=O) groups excluding carboxylic acids is 1. The van der Waals surface area contributed by atoms with Crippen LogP contribution in [-0.2, 0) is 16.0 Å². The molecular formula is C21H29FN2O3. The summed E-state index contributed by atoms with van der Waals surface area (Å²) in [6.07, 6.45) is 9.85. The average molecular weight is 376 g/mol. The van der Waals surface area contributed by atoms with E-state index >= 15 is 0 Å². The molecular weight excluding hydrogens is 347 g/mol. The summed E-state index contributed by atoms with van der Waals surface area (Å²) in [7, 11) is 0. The molecule has 0 aliphatic heterocycles. The number of unbranched alkanes of at least 4 members (excludes halogenated alkanes) is 6. The van der Waals surface area contributed by atoms with Gasteiger partial charge in [0, 0.05) is 29.9 Å². The predicted molar refractivity (Wildman–Crippen MR) is 104 cm³/mol. The van der Waals surface area contributed by atoms with Crippen LogP contribution in [0.2, 0.25) is 0 Å². The minimum Gasteiger partial charge on any atom is -0.480 e. The maximum Gasteiger partial charge on any atom is 0.326 e. The summed E-state index contributed by atoms with van der Waals surface area (Å²) in [5.74, 6) is -1.71. The smallest absolute Gasteiger partial charge is 0.326 e. The van der Waals surface area contributed by atoms with Crippen LogP contribution in [0.5, 0.6) is 0 Å². The summed E-state index contributed by atoms with van der Waals surface area (Å²) < 4.78 is 13.5. The molecule has 6 heteroatoms. The van der Waals surface area contributed by atoms with Gasteiger partial charge in [-0.15, -0.1) is 0 Å². The average Bonchev–Trinajstić information content (AvgIpc) is 3.02. The molecule has 3 N–H and O–H groups in total. The molecule has 0 saturated heterocycles. The Morgan fingerprint density at radius 2 is 1.85 bits per heavy atom. The SMILES string of the molecule is CCCCCCCCCC(=O)N[C@@H](Cc1c[nH]c2ccc(F)cc12)C(=O)O. The lowest BCUT2D eigenvalue weighted by Gasteiger charge is -2.14. The minimum absolute atomic E-state index is 0.113. The van der Waals surface area contributed by atoms with E-state index in [1.54, 1.807) is 12.3 Å². The van der Waals surface area contributed by atoms with E-state index in [1.807, 2.05) is 0 Å². The van der Waals surface area contributed by atoms with Crippen LogP contribution in [-0.4, -0.2) is 28.0 Å². The largest absolute Gasteiger partial charge is 0.480 e. The second kappa shape index (κ2) is 10.7. The van der Waals surface area contributed by atoms with Crippen LogP contribution in [0, 0.1) is 5.82 Å². The highest BCUT2D eigenvalue weighted by Crippen LogP contribution is 2.21. The van der Waals surface area contributed by atoms with E-state index < -0.39 is 12.0 Å². The fraction of sp³-hybridized carbons (Fsp3) is 0.524. The van der Waals surface area contributed by atoms with E-state index in [1.165, 1.54) is 37.8 Å². The van der Waals surface area contributed by atoms with Crippen molar-refractivity contribution < 1.29 is 19.1 Å². The molecule has 0 unspecified atom stereocenters. The fourth-order valence-electron chi connectivity index (χ4n) is 3.25. The van der Waals surface area contributed by atoms with Crippen LogP contribution in [0.25, 0.3) is 10.9 Å². The summed E-state index contributed by atoms with van der Waals surface area (Å²) in [5, 5.41) is 12.7. The van der Waals surface area contributed by atoms with Crippen molar-refractivity contribution in [3.05, 3.63) is 35.8 Å². The first kappa shape index (κ1) is 20.9. The molecule has 0 fully saturated rings. The summed E-state index contributed by atoms with van der Waals surface area (Å²) in [5.41, 5.74) is 1.41. The van der Waals surface area contributed by atoms with Gasteiger partial charge in [-0.2, -0.15) is 0 Å². The second-order valence-corrected chi connectivity index (χ2v) is 7.04. The van der Waals surface area contributed by atoms with E-state index in [9.17, 15) is 19.1 Å². The van der Waals surface area contributed by atoms with E-state index in [0.29, 0.717) is 17.4 Å². The van der Waals surface area contributed by atoms with Gasteiger partial charge in [-0.1, -0.05) is 45.4 Å². The highest BCUT2D eigenvalue weighted by molar-refractivity contribution is 5.86. The number of aliphatic carboxylic acids is 1. The number of rotatable bonds is 12. The lowest BCUT2D eigenvalue weighted by atomic mass is 10.0. The first-order chi connectivity index (χ1) is 13.0. The number of halogens is 1. The normalized spacial score (nSPS) is 12.2. The number of aromatic nitrogens is 1. The van der Waals surface area contributed by atoms with Crippen molar-refractivity contribution >= 4 is 22.8 Å². The van der Waals surface area contributed by atoms with Crippen molar-refractivity contribution in [3.8, 4) is 0 Å². The number of carbonyl (C=O) groups is 2. The number of carboxylic acids is 1. The highest BCUT2D eigenvalue weighted by atomic mass is 19.1. The molecule has 2 aromatic rings. The summed E-state index contributed by atoms with van der Waals surface area (Å²) in [4.78, 5) is 26.6. The quantitative estimate of drug-likeness (QED) is 0.475. The highest BCUT2D eigenvalue weighted by Gasteiger charge is 2.21. The number of nitrogens with one attached hydrogen (secondary N) is 2. The number of carboxylic acid groups (broad SMARTS) is 1. The molecule has 0 bridgehead atoms. The molecule has 0 radical (unpaired) electrons. The van der Waals surface area contributed by atoms with E-state index in [0.717, 1.165) is 24.8 Å². The van der Waals surface area contributed by atoms with Gasteiger partial charge in [0.15, 0.2) is 0 Å². The zero-order chi connectivity index (χ0) is 19.6. The van der Waals surface area contributed by atoms with Crippen molar-refractivity contribution in [3.63, 3.8) is 0 Å². The van der Waals surface area contributed by atoms with E-state index in [-0.39, 0.29) is 18.1 Å². The molecule has 0 aliphatic rings. The van der Waals surface area contributed by atoms with Gasteiger partial charge in [0.2, 0.25) is 5.91 Å². The second-order valence-electron chi connectivity index (χ2n) is 7.04. The van der Waals surface area contributed by atoms with Crippen LogP contribution in [0.4, 0.5) is 4.39 Å². The van der Waals surface area contributed by atoms with Gasteiger partial charge in [0.05, 0.1) is 0 Å². The molecule has 148 valence electrons. The molecule has 2 rings (SSSR count). The number of aromatic amines is 1.